The number of benzene rings is 2. The fraction of sp³-hybridized carbons (Fsp3) is 0.393. The van der Waals surface area contributed by atoms with Gasteiger partial charge in [0.05, 0.1) is 42.0 Å². The molecule has 3 atom stereocenters. The van der Waals surface area contributed by atoms with Gasteiger partial charge in [-0.15, -0.1) is 0 Å². The number of allylic oxidation sites excluding steroid dienone is 1. The number of carbonyl (C=O) groups is 3. The molecule has 0 amide bonds. The lowest BCUT2D eigenvalue weighted by Crippen LogP contribution is -2.53. The summed E-state index contributed by atoms with van der Waals surface area (Å²) in [7, 11) is 6.90. The first kappa shape index (κ1) is 28.1. The average molecular weight is 561 g/mol. The van der Waals surface area contributed by atoms with Crippen molar-refractivity contribution in [2.45, 2.75) is 31.3 Å². The van der Waals surface area contributed by atoms with Gasteiger partial charge in [-0.3, -0.25) is 14.4 Å². The monoisotopic (exact) mass is 560 g/mol. The van der Waals surface area contributed by atoms with Gasteiger partial charge in [-0.1, -0.05) is 24.6 Å². The molecule has 1 aliphatic heterocycles. The quantitative estimate of drug-likeness (QED) is 0.462. The van der Waals surface area contributed by atoms with Crippen molar-refractivity contribution in [3.63, 3.8) is 0 Å². The predicted molar refractivity (Wildman–Crippen MR) is 140 cm³/mol. The molecule has 0 aromatic heterocycles. The van der Waals surface area contributed by atoms with Crippen LogP contribution in [0.15, 0.2) is 35.6 Å². The third-order valence-corrected chi connectivity index (χ3v) is 7.63. The van der Waals surface area contributed by atoms with Crippen molar-refractivity contribution in [3.05, 3.63) is 51.7 Å². The molecule has 1 spiro atoms. The van der Waals surface area contributed by atoms with E-state index in [4.69, 9.17) is 40.0 Å². The van der Waals surface area contributed by atoms with Gasteiger partial charge in [-0.2, -0.15) is 0 Å². The lowest BCUT2D eigenvalue weighted by atomic mass is 9.69. The number of aliphatic hydroxyl groups is 1. The summed E-state index contributed by atoms with van der Waals surface area (Å²) >= 11 is 6.51. The molecule has 0 radical (unpaired) electrons. The third-order valence-electron chi connectivity index (χ3n) is 7.27. The summed E-state index contributed by atoms with van der Waals surface area (Å²) in [6.45, 7) is 1.62. The molecule has 208 valence electrons. The summed E-state index contributed by atoms with van der Waals surface area (Å²) in [5.74, 6) is -3.09. The first-order valence-corrected chi connectivity index (χ1v) is 12.4. The van der Waals surface area contributed by atoms with E-state index in [1.807, 2.05) is 0 Å². The summed E-state index contributed by atoms with van der Waals surface area (Å²) in [4.78, 5) is 40.2. The van der Waals surface area contributed by atoms with Crippen molar-refractivity contribution in [3.8, 4) is 28.7 Å². The molecule has 4 rings (SSSR count). The number of carbonyl (C=O) groups excluding carboxylic acids is 3. The van der Waals surface area contributed by atoms with Crippen LogP contribution in [0.1, 0.15) is 41.6 Å². The molecule has 10 nitrogen and oxygen atoms in total. The first-order valence-electron chi connectivity index (χ1n) is 12.0. The van der Waals surface area contributed by atoms with Gasteiger partial charge in [0.2, 0.25) is 11.4 Å². The van der Waals surface area contributed by atoms with Crippen LogP contribution < -0.4 is 23.7 Å². The zero-order chi connectivity index (χ0) is 28.6. The molecule has 0 unspecified atom stereocenters. The Morgan fingerprint density at radius 2 is 1.72 bits per heavy atom. The largest absolute Gasteiger partial charge is 0.507 e. The van der Waals surface area contributed by atoms with Crippen LogP contribution in [0.2, 0.25) is 5.02 Å². The smallest absolute Gasteiger partial charge is 0.306 e. The molecular formula is C28H29ClO10. The Morgan fingerprint density at radius 3 is 2.31 bits per heavy atom. The van der Waals surface area contributed by atoms with Gasteiger partial charge >= 0.3 is 5.97 Å². The topological polar surface area (TPSA) is 127 Å². The Balaban J connectivity index is 1.98. The van der Waals surface area contributed by atoms with Gasteiger partial charge in [0.25, 0.3) is 0 Å². The molecule has 2 aliphatic rings. The second-order valence-corrected chi connectivity index (χ2v) is 9.58. The zero-order valence-corrected chi connectivity index (χ0v) is 23.1. The van der Waals surface area contributed by atoms with E-state index in [9.17, 15) is 19.5 Å². The standard InChI is InChI=1S/C28H29ClO10/c1-13-9-17(30)22(16(11-21(31)38-6)15-8-7-14(34-2)10-18(15)35-3)26(32)28(13)27(33)23-19(36-4)12-20(37-5)24(29)25(23)39-28/h7-8,10,12-13,16,32H,9,11H2,1-6H3/t13-,16-,28+/m1/s1. The van der Waals surface area contributed by atoms with Crippen LogP contribution in [0.3, 0.4) is 0 Å². The van der Waals surface area contributed by atoms with Crippen LogP contribution in [0.25, 0.3) is 0 Å². The molecule has 1 heterocycles. The van der Waals surface area contributed by atoms with Crippen LogP contribution in [0.5, 0.6) is 28.7 Å². The van der Waals surface area contributed by atoms with Crippen molar-refractivity contribution in [1.82, 2.24) is 0 Å². The Morgan fingerprint density at radius 1 is 1.05 bits per heavy atom. The number of aliphatic hydroxyl groups excluding tert-OH is 1. The maximum absolute atomic E-state index is 14.1. The average Bonchev–Trinajstić information content (AvgIpc) is 3.25. The number of halogens is 1. The number of esters is 1. The van der Waals surface area contributed by atoms with Gasteiger partial charge in [-0.25, -0.2) is 0 Å². The molecule has 1 N–H and O–H groups in total. The second-order valence-electron chi connectivity index (χ2n) is 9.20. The Bertz CT molecular complexity index is 1380. The Labute approximate surface area is 230 Å². The van der Waals surface area contributed by atoms with E-state index >= 15 is 0 Å². The van der Waals surface area contributed by atoms with E-state index in [1.165, 1.54) is 41.6 Å². The van der Waals surface area contributed by atoms with Crippen LogP contribution in [0, 0.1) is 5.92 Å². The second kappa shape index (κ2) is 10.7. The lowest BCUT2D eigenvalue weighted by Gasteiger charge is -2.38. The minimum atomic E-state index is -2.00. The number of hydrogen-bond acceptors (Lipinski definition) is 10. The molecule has 11 heteroatoms. The Kier molecular flexibility index (Phi) is 7.70. The van der Waals surface area contributed by atoms with Crippen LogP contribution >= 0.6 is 11.6 Å². The number of ether oxygens (including phenoxy) is 6. The highest BCUT2D eigenvalue weighted by Gasteiger charge is 2.61. The highest BCUT2D eigenvalue weighted by atomic mass is 35.5. The normalized spacial score (nSPS) is 20.8. The summed E-state index contributed by atoms with van der Waals surface area (Å²) < 4.78 is 32.6. The van der Waals surface area contributed by atoms with E-state index < -0.39 is 40.7 Å². The van der Waals surface area contributed by atoms with Gasteiger partial charge in [0.1, 0.15) is 33.6 Å². The van der Waals surface area contributed by atoms with Crippen molar-refractivity contribution in [1.29, 1.82) is 0 Å². The minimum absolute atomic E-state index is 0.0138. The van der Waals surface area contributed by atoms with Crippen molar-refractivity contribution in [2.24, 2.45) is 5.92 Å². The van der Waals surface area contributed by atoms with Crippen molar-refractivity contribution >= 4 is 29.1 Å². The first-order chi connectivity index (χ1) is 18.6. The summed E-state index contributed by atoms with van der Waals surface area (Å²) in [6, 6.07) is 6.30. The number of fused-ring (bicyclic) bond motifs is 1. The highest BCUT2D eigenvalue weighted by Crippen LogP contribution is 2.56. The summed E-state index contributed by atoms with van der Waals surface area (Å²) in [5.41, 5.74) is -1.74. The maximum atomic E-state index is 14.1. The molecule has 0 bridgehead atoms. The van der Waals surface area contributed by atoms with E-state index in [-0.39, 0.29) is 46.2 Å². The number of hydrogen-bond donors (Lipinski definition) is 1. The summed E-state index contributed by atoms with van der Waals surface area (Å²) in [6.07, 6.45) is -0.486. The SMILES string of the molecule is COC(=O)C[C@@H](C1=C(O)[C@@]2(Oc3c(Cl)c(OC)cc(OC)c3C2=O)[C@H](C)CC1=O)c1ccc(OC)cc1OC. The molecule has 1 aliphatic carbocycles. The van der Waals surface area contributed by atoms with Gasteiger partial charge in [-0.05, 0) is 6.07 Å². The summed E-state index contributed by atoms with van der Waals surface area (Å²) in [5, 5.41) is 11.9. The van der Waals surface area contributed by atoms with Crippen LogP contribution in [-0.2, 0) is 14.3 Å². The molecule has 2 aromatic carbocycles. The number of methoxy groups -OCH3 is 5. The van der Waals surface area contributed by atoms with Crippen molar-refractivity contribution in [2.75, 3.05) is 35.5 Å². The molecule has 2 aromatic rings. The maximum Gasteiger partial charge on any atom is 0.306 e. The van der Waals surface area contributed by atoms with Gasteiger partial charge in [0, 0.05) is 41.5 Å². The molecular weight excluding hydrogens is 532 g/mol. The van der Waals surface area contributed by atoms with Gasteiger partial charge < -0.3 is 33.5 Å². The Hall–Kier alpha value is -3.92. The van der Waals surface area contributed by atoms with E-state index in [2.05, 4.69) is 0 Å². The zero-order valence-electron chi connectivity index (χ0n) is 22.4. The van der Waals surface area contributed by atoms with Crippen molar-refractivity contribution < 1.29 is 47.9 Å². The van der Waals surface area contributed by atoms with E-state index in [1.54, 1.807) is 25.1 Å². The van der Waals surface area contributed by atoms with Crippen LogP contribution in [-0.4, -0.2) is 63.8 Å². The molecule has 39 heavy (non-hydrogen) atoms. The molecule has 0 saturated carbocycles. The van der Waals surface area contributed by atoms with E-state index in [0.29, 0.717) is 17.1 Å². The third kappa shape index (κ3) is 4.32. The predicted octanol–water partition coefficient (Wildman–Crippen LogP) is 4.46. The highest BCUT2D eigenvalue weighted by molar-refractivity contribution is 6.35. The van der Waals surface area contributed by atoms with Gasteiger partial charge in [0.15, 0.2) is 17.3 Å². The van der Waals surface area contributed by atoms with E-state index in [0.717, 1.165) is 0 Å². The van der Waals surface area contributed by atoms with Crippen LogP contribution in [0.4, 0.5) is 0 Å². The molecule has 0 fully saturated rings. The minimum Gasteiger partial charge on any atom is -0.507 e. The number of ketones is 2. The number of Topliss-reactive ketones (excluding diaryl/α,β-unsaturated/α-hetero) is 2. The fourth-order valence-electron chi connectivity index (χ4n) is 5.26. The number of rotatable bonds is 8. The fourth-order valence-corrected chi connectivity index (χ4v) is 5.53. The molecule has 0 saturated heterocycles. The lowest BCUT2D eigenvalue weighted by molar-refractivity contribution is -0.140.